The Morgan fingerprint density at radius 3 is 2.52 bits per heavy atom. The van der Waals surface area contributed by atoms with Crippen LogP contribution >= 0.6 is 0 Å². The van der Waals surface area contributed by atoms with Crippen molar-refractivity contribution in [3.05, 3.63) is 59.7 Å². The van der Waals surface area contributed by atoms with Gasteiger partial charge in [0.15, 0.2) is 18.1 Å². The van der Waals surface area contributed by atoms with E-state index in [9.17, 15) is 4.79 Å². The highest BCUT2D eigenvalue weighted by Crippen LogP contribution is 2.27. The first-order chi connectivity index (χ1) is 13.2. The minimum atomic E-state index is -0.166. The molecular formula is C21H22N2O4. The third kappa shape index (κ3) is 6.40. The molecule has 2 aromatic rings. The van der Waals surface area contributed by atoms with E-state index in [2.05, 4.69) is 5.32 Å². The lowest BCUT2D eigenvalue weighted by molar-refractivity contribution is -0.116. The molecule has 0 saturated heterocycles. The fourth-order valence-electron chi connectivity index (χ4n) is 2.39. The third-order valence-electron chi connectivity index (χ3n) is 3.77. The summed E-state index contributed by atoms with van der Waals surface area (Å²) in [4.78, 5) is 11.9. The number of nitrogens with zero attached hydrogens (tertiary/aromatic N) is 1. The predicted octanol–water partition coefficient (Wildman–Crippen LogP) is 2.98. The molecule has 2 aromatic carbocycles. The van der Waals surface area contributed by atoms with Gasteiger partial charge in [-0.2, -0.15) is 5.26 Å². The highest BCUT2D eigenvalue weighted by Gasteiger charge is 2.04. The van der Waals surface area contributed by atoms with E-state index in [1.807, 2.05) is 36.4 Å². The molecule has 1 amide bonds. The van der Waals surface area contributed by atoms with Crippen molar-refractivity contribution in [2.75, 3.05) is 27.4 Å². The van der Waals surface area contributed by atoms with Gasteiger partial charge in [0.2, 0.25) is 5.91 Å². The largest absolute Gasteiger partial charge is 0.493 e. The SMILES string of the molecule is COc1ccc(CCNC(=O)/C=C/c2ccc(OCC#N)cc2)cc1OC. The van der Waals surface area contributed by atoms with Gasteiger partial charge in [0, 0.05) is 12.6 Å². The van der Waals surface area contributed by atoms with E-state index >= 15 is 0 Å². The van der Waals surface area contributed by atoms with Crippen LogP contribution in [0.25, 0.3) is 6.08 Å². The number of carbonyl (C=O) groups is 1. The minimum absolute atomic E-state index is 0.0116. The molecule has 6 heteroatoms. The Kier molecular flexibility index (Phi) is 7.73. The zero-order chi connectivity index (χ0) is 19.5. The lowest BCUT2D eigenvalue weighted by Crippen LogP contribution is -2.23. The predicted molar refractivity (Wildman–Crippen MR) is 103 cm³/mol. The number of hydrogen-bond donors (Lipinski definition) is 1. The van der Waals surface area contributed by atoms with Crippen LogP contribution in [0.4, 0.5) is 0 Å². The van der Waals surface area contributed by atoms with Gasteiger partial charge in [-0.15, -0.1) is 0 Å². The molecule has 0 unspecified atom stereocenters. The van der Waals surface area contributed by atoms with Crippen molar-refractivity contribution in [2.45, 2.75) is 6.42 Å². The summed E-state index contributed by atoms with van der Waals surface area (Å²) >= 11 is 0. The Morgan fingerprint density at radius 1 is 1.11 bits per heavy atom. The van der Waals surface area contributed by atoms with Gasteiger partial charge in [-0.3, -0.25) is 4.79 Å². The van der Waals surface area contributed by atoms with E-state index in [1.54, 1.807) is 32.4 Å². The third-order valence-corrected chi connectivity index (χ3v) is 3.77. The second kappa shape index (κ2) is 10.5. The average Bonchev–Trinajstić information content (AvgIpc) is 2.71. The number of ether oxygens (including phenoxy) is 3. The van der Waals surface area contributed by atoms with Crippen LogP contribution in [0, 0.1) is 11.3 Å². The standard InChI is InChI=1S/C21H22N2O4/c1-25-19-9-5-17(15-20(19)26-2)11-13-23-21(24)10-6-16-3-7-18(8-4-16)27-14-12-22/h3-10,15H,11,13-14H2,1-2H3,(H,23,24)/b10-6+. The normalized spacial score (nSPS) is 10.3. The summed E-state index contributed by atoms with van der Waals surface area (Å²) in [5.41, 5.74) is 1.92. The minimum Gasteiger partial charge on any atom is -0.493 e. The highest BCUT2D eigenvalue weighted by atomic mass is 16.5. The molecule has 0 fully saturated rings. The van der Waals surface area contributed by atoms with Crippen molar-refractivity contribution in [3.8, 4) is 23.3 Å². The van der Waals surface area contributed by atoms with Gasteiger partial charge in [-0.05, 0) is 47.9 Å². The molecule has 1 N–H and O–H groups in total. The summed E-state index contributed by atoms with van der Waals surface area (Å²) in [7, 11) is 3.19. The number of carbonyl (C=O) groups excluding carboxylic acids is 1. The summed E-state index contributed by atoms with van der Waals surface area (Å²) in [6.07, 6.45) is 3.89. The van der Waals surface area contributed by atoms with E-state index in [0.29, 0.717) is 30.2 Å². The number of rotatable bonds is 9. The summed E-state index contributed by atoms with van der Waals surface area (Å²) in [6.45, 7) is 0.525. The zero-order valence-corrected chi connectivity index (χ0v) is 15.4. The first-order valence-corrected chi connectivity index (χ1v) is 8.43. The maximum Gasteiger partial charge on any atom is 0.244 e. The summed E-state index contributed by atoms with van der Waals surface area (Å²) in [6, 6.07) is 14.8. The van der Waals surface area contributed by atoms with Crippen LogP contribution in [-0.4, -0.2) is 33.3 Å². The van der Waals surface area contributed by atoms with Gasteiger partial charge < -0.3 is 19.5 Å². The molecule has 140 valence electrons. The van der Waals surface area contributed by atoms with Crippen molar-refractivity contribution in [3.63, 3.8) is 0 Å². The summed E-state index contributed by atoms with van der Waals surface area (Å²) in [5, 5.41) is 11.3. The Balaban J connectivity index is 1.80. The van der Waals surface area contributed by atoms with E-state index in [4.69, 9.17) is 19.5 Å². The lowest BCUT2D eigenvalue weighted by atomic mass is 10.1. The van der Waals surface area contributed by atoms with Gasteiger partial charge in [0.1, 0.15) is 11.8 Å². The second-order valence-corrected chi connectivity index (χ2v) is 5.58. The van der Waals surface area contributed by atoms with E-state index in [-0.39, 0.29) is 12.5 Å². The maximum absolute atomic E-state index is 11.9. The van der Waals surface area contributed by atoms with Crippen LogP contribution in [0.3, 0.4) is 0 Å². The molecule has 0 spiro atoms. The molecule has 2 rings (SSSR count). The fourth-order valence-corrected chi connectivity index (χ4v) is 2.39. The first kappa shape index (κ1) is 19.9. The molecule has 0 saturated carbocycles. The molecule has 27 heavy (non-hydrogen) atoms. The molecule has 0 heterocycles. The molecular weight excluding hydrogens is 344 g/mol. The van der Waals surface area contributed by atoms with Gasteiger partial charge in [0.05, 0.1) is 14.2 Å². The topological polar surface area (TPSA) is 80.6 Å². The van der Waals surface area contributed by atoms with Crippen LogP contribution in [-0.2, 0) is 11.2 Å². The molecule has 0 bridgehead atoms. The van der Waals surface area contributed by atoms with E-state index in [1.165, 1.54) is 6.08 Å². The number of amides is 1. The molecule has 0 aliphatic rings. The molecule has 0 radical (unpaired) electrons. The zero-order valence-electron chi connectivity index (χ0n) is 15.4. The average molecular weight is 366 g/mol. The van der Waals surface area contributed by atoms with E-state index in [0.717, 1.165) is 11.1 Å². The van der Waals surface area contributed by atoms with Gasteiger partial charge >= 0.3 is 0 Å². The molecule has 6 nitrogen and oxygen atoms in total. The summed E-state index contributed by atoms with van der Waals surface area (Å²) in [5.74, 6) is 1.80. The maximum atomic E-state index is 11.9. The van der Waals surface area contributed by atoms with E-state index < -0.39 is 0 Å². The Labute approximate surface area is 159 Å². The smallest absolute Gasteiger partial charge is 0.244 e. The van der Waals surface area contributed by atoms with Crippen molar-refractivity contribution in [2.24, 2.45) is 0 Å². The molecule has 0 aromatic heterocycles. The second-order valence-electron chi connectivity index (χ2n) is 5.58. The van der Waals surface area contributed by atoms with Crippen LogP contribution < -0.4 is 19.5 Å². The first-order valence-electron chi connectivity index (χ1n) is 8.43. The van der Waals surface area contributed by atoms with Crippen molar-refractivity contribution >= 4 is 12.0 Å². The Morgan fingerprint density at radius 2 is 1.85 bits per heavy atom. The van der Waals surface area contributed by atoms with Crippen molar-refractivity contribution in [1.29, 1.82) is 5.26 Å². The van der Waals surface area contributed by atoms with Crippen molar-refractivity contribution in [1.82, 2.24) is 5.32 Å². The molecule has 0 atom stereocenters. The van der Waals surface area contributed by atoms with Gasteiger partial charge in [-0.25, -0.2) is 0 Å². The van der Waals surface area contributed by atoms with Crippen molar-refractivity contribution < 1.29 is 19.0 Å². The number of benzene rings is 2. The quantitative estimate of drug-likeness (QED) is 0.690. The number of methoxy groups -OCH3 is 2. The number of nitriles is 1. The van der Waals surface area contributed by atoms with Crippen LogP contribution in [0.2, 0.25) is 0 Å². The Hall–Kier alpha value is -3.46. The van der Waals surface area contributed by atoms with Crippen LogP contribution in [0.1, 0.15) is 11.1 Å². The number of nitrogens with one attached hydrogen (secondary N) is 1. The highest BCUT2D eigenvalue weighted by molar-refractivity contribution is 5.91. The molecule has 0 aliphatic heterocycles. The van der Waals surface area contributed by atoms with Gasteiger partial charge in [-0.1, -0.05) is 18.2 Å². The van der Waals surface area contributed by atoms with Gasteiger partial charge in [0.25, 0.3) is 0 Å². The monoisotopic (exact) mass is 366 g/mol. The van der Waals surface area contributed by atoms with Crippen LogP contribution in [0.5, 0.6) is 17.2 Å². The Bertz CT molecular complexity index is 823. The number of hydrogen-bond acceptors (Lipinski definition) is 5. The molecule has 0 aliphatic carbocycles. The van der Waals surface area contributed by atoms with Crippen LogP contribution in [0.15, 0.2) is 48.5 Å². The fraction of sp³-hybridized carbons (Fsp3) is 0.238. The lowest BCUT2D eigenvalue weighted by Gasteiger charge is -2.09. The summed E-state index contributed by atoms with van der Waals surface area (Å²) < 4.78 is 15.7.